The third kappa shape index (κ3) is 15.6. The van der Waals surface area contributed by atoms with Crippen molar-refractivity contribution >= 4 is 41.2 Å². The second kappa shape index (κ2) is 27.9. The van der Waals surface area contributed by atoms with E-state index in [1.165, 1.54) is 36.7 Å². The van der Waals surface area contributed by atoms with Crippen LogP contribution < -0.4 is 21.2 Å². The molecule has 3 aromatic carbocycles. The third-order valence-electron chi connectivity index (χ3n) is 16.0. The zero-order valence-corrected chi connectivity index (χ0v) is 47.6. The van der Waals surface area contributed by atoms with E-state index in [1.54, 1.807) is 20.8 Å². The van der Waals surface area contributed by atoms with Crippen molar-refractivity contribution in [1.29, 1.82) is 0 Å². The zero-order chi connectivity index (χ0) is 54.4. The third-order valence-corrected chi connectivity index (χ3v) is 21.0. The number of rotatable bonds is 18. The van der Waals surface area contributed by atoms with Crippen molar-refractivity contribution in [3.63, 3.8) is 0 Å². The standard InChI is InChI=1S/C59H92N3O11P/c1-13-50-59(9,68)54(73-57(66)60-35-27-16-14-15-17-28-36-74(46-29-21-18-22-30-46,47-31-23-19-24-32-47)48-33-25-20-26-34-48)44(6)62(12)39-40(2)38-58(8,67)53(42(4)51(64)43(5)55(65)71-50)72-56-52(70-45(7)63)49(61(10)11)37-41(3)69-56/h18-26,29-34,40-44,49-54,56,64,67-68,74H,13-17,27-28,35-39H2,1-12H3,(H,60,66)/t40-,41-,42+,43-,44-,49+,50-,51+,52-,53-,54-,56+,58-,59-/m1/s1. The average Bonchev–Trinajstić information content (AvgIpc) is 3.36. The van der Waals surface area contributed by atoms with Gasteiger partial charge in [-0.05, 0) is 80.9 Å². The Labute approximate surface area is 443 Å². The van der Waals surface area contributed by atoms with Gasteiger partial charge >= 0.3 is 204 Å². The summed E-state index contributed by atoms with van der Waals surface area (Å²) in [5.41, 5.74) is -3.47. The summed E-state index contributed by atoms with van der Waals surface area (Å²) < 4.78 is 31.0. The first-order chi connectivity index (χ1) is 35.0. The molecular formula is C59H92N3O11P. The fraction of sp³-hybridized carbons (Fsp3) is 0.644. The van der Waals surface area contributed by atoms with Crippen LogP contribution in [0.25, 0.3) is 0 Å². The van der Waals surface area contributed by atoms with Gasteiger partial charge in [-0.2, -0.15) is 0 Å². The maximum absolute atomic E-state index is 14.1. The van der Waals surface area contributed by atoms with Crippen molar-refractivity contribution in [3.8, 4) is 0 Å². The first kappa shape index (κ1) is 60.9. The van der Waals surface area contributed by atoms with E-state index < -0.39 is 91.2 Å². The molecule has 0 unspecified atom stereocenters. The predicted octanol–water partition coefficient (Wildman–Crippen LogP) is 7.35. The Bertz CT molecular complexity index is 2070. The maximum atomic E-state index is 14.1. The van der Waals surface area contributed by atoms with E-state index in [1.807, 2.05) is 51.7 Å². The largest absolute Gasteiger partial charge is 0.382 e. The summed E-state index contributed by atoms with van der Waals surface area (Å²) in [6, 6.07) is 32.2. The number of carbonyl (C=O) groups is 3. The van der Waals surface area contributed by atoms with Crippen molar-refractivity contribution in [2.45, 2.75) is 186 Å². The van der Waals surface area contributed by atoms with Gasteiger partial charge in [-0.15, -0.1) is 0 Å². The molecule has 3 aromatic rings. The van der Waals surface area contributed by atoms with Gasteiger partial charge < -0.3 is 39.2 Å². The quantitative estimate of drug-likeness (QED) is 0.0431. The van der Waals surface area contributed by atoms with Crippen LogP contribution >= 0.6 is 7.26 Å². The number of ether oxygens (including phenoxy) is 5. The van der Waals surface area contributed by atoms with Crippen molar-refractivity contribution in [3.05, 3.63) is 91.0 Å². The van der Waals surface area contributed by atoms with Gasteiger partial charge in [0, 0.05) is 25.4 Å². The molecule has 0 spiro atoms. The number of likely N-dealkylation sites (N-methyl/N-ethyl adjacent to an activating group) is 2. The van der Waals surface area contributed by atoms with Gasteiger partial charge in [-0.3, -0.25) is 14.5 Å². The molecule has 2 aliphatic heterocycles. The Hall–Kier alpha value is -3.98. The Kier molecular flexibility index (Phi) is 22.9. The van der Waals surface area contributed by atoms with E-state index in [0.717, 1.165) is 44.7 Å². The minimum absolute atomic E-state index is 0.180. The molecule has 0 aliphatic carbocycles. The molecule has 74 heavy (non-hydrogen) atoms. The van der Waals surface area contributed by atoms with Crippen LogP contribution in [0.4, 0.5) is 4.79 Å². The van der Waals surface area contributed by atoms with Gasteiger partial charge in [0.15, 0.2) is 12.4 Å². The number of nitrogens with one attached hydrogen (secondary N) is 1. The first-order valence-corrected chi connectivity index (χ1v) is 29.5. The molecular weight excluding hydrogens is 958 g/mol. The van der Waals surface area contributed by atoms with Crippen LogP contribution in [0.15, 0.2) is 91.0 Å². The Morgan fingerprint density at radius 3 is 1.85 bits per heavy atom. The number of aliphatic hydroxyl groups excluding tert-OH is 1. The molecule has 2 aliphatic rings. The normalized spacial score (nSPS) is 32.1. The Balaban J connectivity index is 1.24. The number of amides is 1. The van der Waals surface area contributed by atoms with E-state index in [4.69, 9.17) is 23.7 Å². The fourth-order valence-corrected chi connectivity index (χ4v) is 16.8. The summed E-state index contributed by atoms with van der Waals surface area (Å²) in [6.07, 6.45) is 0.325. The Morgan fingerprint density at radius 1 is 0.811 bits per heavy atom. The molecule has 5 rings (SSSR count). The first-order valence-electron chi connectivity index (χ1n) is 27.3. The second-order valence-electron chi connectivity index (χ2n) is 22.4. The average molecular weight is 1050 g/mol. The van der Waals surface area contributed by atoms with Crippen molar-refractivity contribution < 1.29 is 53.4 Å². The number of aliphatic hydroxyl groups is 3. The van der Waals surface area contributed by atoms with Gasteiger partial charge in [0.25, 0.3) is 0 Å². The fourth-order valence-electron chi connectivity index (χ4n) is 11.9. The SMILES string of the molecule is CC[C@H]1OC(=O)[C@H](C)[C@@H](O)[C@H](C)[C@@H](O[C@@H]2O[C@H](C)C[C@H](N(C)C)[C@H]2OC(C)=O)[C@](C)(O)C[C@@H](C)CN(C)[C@H](C)[C@@H](OC(=O)NCCCCCCCC[PH](c2ccccc2)(c2ccccc2)c2ccccc2)[C@]1(C)O. The van der Waals surface area contributed by atoms with E-state index in [2.05, 4.69) is 96.3 Å². The van der Waals surface area contributed by atoms with Gasteiger partial charge in [0.1, 0.15) is 11.7 Å². The summed E-state index contributed by atoms with van der Waals surface area (Å²) in [5.74, 6) is -3.51. The molecule has 2 saturated heterocycles. The molecule has 14 nitrogen and oxygen atoms in total. The number of alkyl carbamates (subject to hydrolysis) is 1. The monoisotopic (exact) mass is 1050 g/mol. The van der Waals surface area contributed by atoms with Crippen LogP contribution in [0.2, 0.25) is 0 Å². The van der Waals surface area contributed by atoms with E-state index in [9.17, 15) is 29.7 Å². The van der Waals surface area contributed by atoms with Crippen LogP contribution in [-0.2, 0) is 33.3 Å². The summed E-state index contributed by atoms with van der Waals surface area (Å²) in [4.78, 5) is 44.1. The number of cyclic esters (lactones) is 1. The molecule has 0 saturated carbocycles. The summed E-state index contributed by atoms with van der Waals surface area (Å²) in [7, 11) is 3.36. The molecule has 2 heterocycles. The van der Waals surface area contributed by atoms with Crippen LogP contribution in [0, 0.1) is 17.8 Å². The van der Waals surface area contributed by atoms with E-state index in [0.29, 0.717) is 19.5 Å². The number of hydrogen-bond donors (Lipinski definition) is 4. The minimum atomic E-state index is -2.28. The maximum Gasteiger partial charge on any atom is 0.137 e. The molecule has 14 atom stereocenters. The van der Waals surface area contributed by atoms with Crippen LogP contribution in [0.1, 0.15) is 120 Å². The molecule has 4 N–H and O–H groups in total. The van der Waals surface area contributed by atoms with Gasteiger partial charge in [-0.1, -0.05) is 20.8 Å². The van der Waals surface area contributed by atoms with Crippen molar-refractivity contribution in [2.75, 3.05) is 40.4 Å². The molecule has 0 aromatic heterocycles. The van der Waals surface area contributed by atoms with Crippen LogP contribution in [0.5, 0.6) is 0 Å². The number of hydrogen-bond acceptors (Lipinski definition) is 13. The molecule has 15 heteroatoms. The summed E-state index contributed by atoms with van der Waals surface area (Å²) >= 11 is 0. The number of esters is 2. The predicted molar refractivity (Wildman–Crippen MR) is 296 cm³/mol. The number of unbranched alkanes of at least 4 members (excludes halogenated alkanes) is 5. The number of nitrogens with zero attached hydrogens (tertiary/aromatic N) is 2. The van der Waals surface area contributed by atoms with Gasteiger partial charge in [-0.25, -0.2) is 0 Å². The molecule has 0 bridgehead atoms. The van der Waals surface area contributed by atoms with Gasteiger partial charge in [0.05, 0.1) is 35.9 Å². The Morgan fingerprint density at radius 2 is 1.34 bits per heavy atom. The molecule has 1 amide bonds. The molecule has 414 valence electrons. The number of benzene rings is 3. The van der Waals surface area contributed by atoms with Crippen molar-refractivity contribution in [1.82, 2.24) is 15.1 Å². The summed E-state index contributed by atoms with van der Waals surface area (Å²) in [6.45, 7) is 16.0. The molecule has 0 radical (unpaired) electrons. The van der Waals surface area contributed by atoms with E-state index in [-0.39, 0.29) is 30.9 Å². The minimum Gasteiger partial charge on any atom is -0.382 e. The molecule has 2 fully saturated rings. The van der Waals surface area contributed by atoms with Crippen molar-refractivity contribution in [2.24, 2.45) is 17.8 Å². The van der Waals surface area contributed by atoms with Gasteiger partial charge in [0.2, 0.25) is 0 Å². The second-order valence-corrected chi connectivity index (χ2v) is 26.4. The topological polar surface area (TPSA) is 177 Å². The summed E-state index contributed by atoms with van der Waals surface area (Å²) in [5, 5.41) is 44.1. The smallest absolute Gasteiger partial charge is 0.137 e. The van der Waals surface area contributed by atoms with Crippen LogP contribution in [0.3, 0.4) is 0 Å². The van der Waals surface area contributed by atoms with Crippen LogP contribution in [-0.4, -0.2) is 150 Å². The zero-order valence-electron chi connectivity index (χ0n) is 46.6. The number of carbonyl (C=O) groups excluding carboxylic acids is 3. The van der Waals surface area contributed by atoms with E-state index >= 15 is 0 Å².